The zero-order valence-electron chi connectivity index (χ0n) is 15.5. The van der Waals surface area contributed by atoms with Crippen molar-refractivity contribution < 1.29 is 24.4 Å². The molecule has 0 saturated carbocycles. The van der Waals surface area contributed by atoms with Crippen LogP contribution >= 0.6 is 11.3 Å². The van der Waals surface area contributed by atoms with E-state index in [0.717, 1.165) is 15.0 Å². The van der Waals surface area contributed by atoms with Gasteiger partial charge in [-0.15, -0.1) is 11.3 Å². The number of rotatable bonds is 4. The lowest BCUT2D eigenvalue weighted by Gasteiger charge is -2.41. The molecule has 0 radical (unpaired) electrons. The Bertz CT molecular complexity index is 937. The largest absolute Gasteiger partial charge is 0.394 e. The molecule has 4 nitrogen and oxygen atoms in total. The predicted octanol–water partition coefficient (Wildman–Crippen LogP) is 3.42. The maximum Gasteiger partial charge on any atom is 0.126 e. The minimum Gasteiger partial charge on any atom is -0.394 e. The summed E-state index contributed by atoms with van der Waals surface area (Å²) in [5.41, 5.74) is 1.10. The Balaban J connectivity index is 1.63. The fraction of sp³-hybridized carbons (Fsp3) is 0.364. The molecule has 0 spiro atoms. The third kappa shape index (κ3) is 3.58. The molecule has 1 aromatic heterocycles. The Morgan fingerprint density at radius 1 is 1.07 bits per heavy atom. The molecule has 0 aliphatic carbocycles. The average Bonchev–Trinajstić information content (AvgIpc) is 3.11. The van der Waals surface area contributed by atoms with Crippen LogP contribution in [0.1, 0.15) is 29.0 Å². The van der Waals surface area contributed by atoms with E-state index in [1.165, 1.54) is 6.07 Å². The first-order valence-electron chi connectivity index (χ1n) is 9.36. The molecule has 3 N–H and O–H groups in total. The lowest BCUT2D eigenvalue weighted by molar-refractivity contribution is -0.207. The monoisotopic (exact) mass is 402 g/mol. The van der Waals surface area contributed by atoms with E-state index >= 15 is 0 Å². The van der Waals surface area contributed by atoms with Gasteiger partial charge < -0.3 is 20.1 Å². The summed E-state index contributed by atoms with van der Waals surface area (Å²) < 4.78 is 21.5. The van der Waals surface area contributed by atoms with Gasteiger partial charge in [0.25, 0.3) is 0 Å². The summed E-state index contributed by atoms with van der Waals surface area (Å²) in [6, 6.07) is 14.7. The smallest absolute Gasteiger partial charge is 0.126 e. The molecule has 28 heavy (non-hydrogen) atoms. The summed E-state index contributed by atoms with van der Waals surface area (Å²) in [7, 11) is 0. The number of halogens is 1. The highest BCUT2D eigenvalue weighted by Gasteiger charge is 2.42. The van der Waals surface area contributed by atoms with Gasteiger partial charge in [0.1, 0.15) is 18.0 Å². The molecule has 1 aliphatic heterocycles. The molecule has 4 rings (SSSR count). The van der Waals surface area contributed by atoms with Crippen LogP contribution in [0.15, 0.2) is 48.5 Å². The van der Waals surface area contributed by atoms with Gasteiger partial charge in [-0.25, -0.2) is 4.39 Å². The lowest BCUT2D eigenvalue weighted by atomic mass is 9.85. The number of benzene rings is 2. The highest BCUT2D eigenvalue weighted by Crippen LogP contribution is 2.36. The second kappa shape index (κ2) is 7.89. The van der Waals surface area contributed by atoms with E-state index in [2.05, 4.69) is 6.07 Å². The minimum absolute atomic E-state index is 0.253. The molecule has 1 fully saturated rings. The van der Waals surface area contributed by atoms with Crippen molar-refractivity contribution >= 4 is 21.4 Å². The van der Waals surface area contributed by atoms with Gasteiger partial charge in [0.2, 0.25) is 0 Å². The van der Waals surface area contributed by atoms with Crippen molar-refractivity contribution in [1.29, 1.82) is 0 Å². The van der Waals surface area contributed by atoms with Gasteiger partial charge >= 0.3 is 0 Å². The molecule has 1 saturated heterocycles. The second-order valence-corrected chi connectivity index (χ2v) is 8.56. The van der Waals surface area contributed by atoms with Crippen LogP contribution in [0.5, 0.6) is 0 Å². The summed E-state index contributed by atoms with van der Waals surface area (Å²) >= 11 is 1.63. The fourth-order valence-electron chi connectivity index (χ4n) is 3.81. The van der Waals surface area contributed by atoms with Crippen LogP contribution < -0.4 is 0 Å². The van der Waals surface area contributed by atoms with Crippen molar-refractivity contribution in [3.05, 3.63) is 70.4 Å². The van der Waals surface area contributed by atoms with Gasteiger partial charge in [0, 0.05) is 21.9 Å². The minimum atomic E-state index is -1.14. The van der Waals surface area contributed by atoms with Gasteiger partial charge in [0.05, 0.1) is 18.8 Å². The number of thiophene rings is 1. The third-order valence-corrected chi connectivity index (χ3v) is 6.64. The molecule has 148 valence electrons. The topological polar surface area (TPSA) is 69.9 Å². The quantitative estimate of drug-likeness (QED) is 0.625. The molecule has 0 bridgehead atoms. The summed E-state index contributed by atoms with van der Waals surface area (Å²) in [6.07, 6.45) is -3.12. The van der Waals surface area contributed by atoms with E-state index < -0.39 is 30.3 Å². The van der Waals surface area contributed by atoms with Crippen LogP contribution in [-0.2, 0) is 11.2 Å². The van der Waals surface area contributed by atoms with Crippen molar-refractivity contribution in [1.82, 2.24) is 0 Å². The van der Waals surface area contributed by atoms with Gasteiger partial charge in [-0.3, -0.25) is 0 Å². The number of hydrogen-bond donors (Lipinski definition) is 3. The van der Waals surface area contributed by atoms with E-state index in [9.17, 15) is 19.7 Å². The van der Waals surface area contributed by atoms with Crippen molar-refractivity contribution in [2.45, 2.75) is 37.8 Å². The van der Waals surface area contributed by atoms with E-state index in [0.29, 0.717) is 17.5 Å². The Hall–Kier alpha value is -1.83. The molecule has 5 atom stereocenters. The third-order valence-electron chi connectivity index (χ3n) is 5.53. The fourth-order valence-corrected chi connectivity index (χ4v) is 4.89. The molecule has 2 heterocycles. The Morgan fingerprint density at radius 2 is 1.86 bits per heavy atom. The first-order chi connectivity index (χ1) is 13.5. The van der Waals surface area contributed by atoms with Crippen LogP contribution in [0.4, 0.5) is 4.39 Å². The average molecular weight is 402 g/mol. The van der Waals surface area contributed by atoms with Gasteiger partial charge in [-0.05, 0) is 40.8 Å². The maximum atomic E-state index is 14.5. The van der Waals surface area contributed by atoms with E-state index in [-0.39, 0.29) is 12.4 Å². The zero-order valence-corrected chi connectivity index (χ0v) is 16.3. The van der Waals surface area contributed by atoms with Gasteiger partial charge in [0.15, 0.2) is 0 Å². The van der Waals surface area contributed by atoms with Crippen molar-refractivity contribution in [3.8, 4) is 0 Å². The predicted molar refractivity (Wildman–Crippen MR) is 107 cm³/mol. The Morgan fingerprint density at radius 3 is 2.61 bits per heavy atom. The van der Waals surface area contributed by atoms with E-state index in [4.69, 9.17) is 4.74 Å². The van der Waals surface area contributed by atoms with Gasteiger partial charge in [-0.1, -0.05) is 31.2 Å². The molecule has 3 aromatic rings. The molecule has 1 aliphatic rings. The summed E-state index contributed by atoms with van der Waals surface area (Å²) in [4.78, 5) is 1.05. The Labute approximate surface area is 166 Å². The normalized spacial score (nSPS) is 28.0. The highest BCUT2D eigenvalue weighted by atomic mass is 32.1. The van der Waals surface area contributed by atoms with Crippen LogP contribution in [0.2, 0.25) is 0 Å². The molecule has 0 unspecified atom stereocenters. The first kappa shape index (κ1) is 19.5. The first-order valence-corrected chi connectivity index (χ1v) is 10.2. The molecular weight excluding hydrogens is 379 g/mol. The lowest BCUT2D eigenvalue weighted by Crippen LogP contribution is -2.50. The summed E-state index contributed by atoms with van der Waals surface area (Å²) in [5, 5.41) is 31.4. The van der Waals surface area contributed by atoms with Crippen LogP contribution in [0.25, 0.3) is 10.1 Å². The number of fused-ring (bicyclic) bond motifs is 1. The molecule has 2 aromatic carbocycles. The molecular formula is C22H23FO4S. The molecule has 6 heteroatoms. The van der Waals surface area contributed by atoms with Gasteiger partial charge in [-0.2, -0.15) is 0 Å². The standard InChI is InChI=1S/C22H23FO4S/c1-12-18(11-24)27-22(21(26)20(12)25)14-6-7-17(23)15(8-14)10-16-9-13-4-2-3-5-19(13)28-16/h2-9,12,18,20-22,24-26H,10-11H2,1H3/t12-,18-,20+,21-,22+/m1/s1. The molecule has 0 amide bonds. The van der Waals surface area contributed by atoms with E-state index in [1.807, 2.05) is 24.3 Å². The second-order valence-electron chi connectivity index (χ2n) is 7.40. The zero-order chi connectivity index (χ0) is 19.8. The number of aliphatic hydroxyl groups excluding tert-OH is 3. The van der Waals surface area contributed by atoms with Crippen molar-refractivity contribution in [3.63, 3.8) is 0 Å². The number of hydrogen-bond acceptors (Lipinski definition) is 5. The van der Waals surface area contributed by atoms with Crippen molar-refractivity contribution in [2.24, 2.45) is 5.92 Å². The van der Waals surface area contributed by atoms with E-state index in [1.54, 1.807) is 30.4 Å². The van der Waals surface area contributed by atoms with Crippen LogP contribution in [0, 0.1) is 11.7 Å². The van der Waals surface area contributed by atoms with Crippen LogP contribution in [0.3, 0.4) is 0 Å². The number of ether oxygens (including phenoxy) is 1. The van der Waals surface area contributed by atoms with Crippen molar-refractivity contribution in [2.75, 3.05) is 6.61 Å². The van der Waals surface area contributed by atoms with Crippen LogP contribution in [-0.4, -0.2) is 40.2 Å². The highest BCUT2D eigenvalue weighted by molar-refractivity contribution is 7.19. The summed E-state index contributed by atoms with van der Waals surface area (Å²) in [5.74, 6) is -0.714. The SMILES string of the molecule is C[C@H]1[C@H](O)[C@@H](O)[C@H](c2ccc(F)c(Cc3cc4ccccc4s3)c2)O[C@@H]1CO. The summed E-state index contributed by atoms with van der Waals surface area (Å²) in [6.45, 7) is 1.47. The number of aliphatic hydroxyl groups is 3. The maximum absolute atomic E-state index is 14.5. The Kier molecular flexibility index (Phi) is 5.49.